The number of urea groups is 1. The zero-order valence-electron chi connectivity index (χ0n) is 19.0. The van der Waals surface area contributed by atoms with Crippen LogP contribution in [0.4, 0.5) is 10.5 Å². The van der Waals surface area contributed by atoms with Crippen molar-refractivity contribution in [1.29, 1.82) is 0 Å². The maximum Gasteiger partial charge on any atom is 0.324 e. The number of anilines is 1. The van der Waals surface area contributed by atoms with Gasteiger partial charge in [-0.1, -0.05) is 24.3 Å². The predicted octanol–water partition coefficient (Wildman–Crippen LogP) is 4.92. The highest BCUT2D eigenvalue weighted by molar-refractivity contribution is 7.98. The zero-order chi connectivity index (χ0) is 23.4. The summed E-state index contributed by atoms with van der Waals surface area (Å²) in [6.45, 7) is 1.38. The van der Waals surface area contributed by atoms with Crippen molar-refractivity contribution in [2.75, 3.05) is 25.3 Å². The normalized spacial score (nSPS) is 13.0. The Bertz CT molecular complexity index is 1160. The van der Waals surface area contributed by atoms with Crippen LogP contribution in [0.1, 0.15) is 27.0 Å². The topological polar surface area (TPSA) is 61.9 Å². The Labute approximate surface area is 198 Å². The molecule has 4 rings (SSSR count). The molecule has 1 aliphatic rings. The summed E-state index contributed by atoms with van der Waals surface area (Å²) in [5.41, 5.74) is 4.39. The minimum atomic E-state index is -0.153. The summed E-state index contributed by atoms with van der Waals surface area (Å²) in [4.78, 5) is 30.3. The average molecular weight is 462 g/mol. The molecule has 7 heteroatoms. The number of amides is 3. The number of nitrogens with one attached hydrogen (secondary N) is 1. The Morgan fingerprint density at radius 3 is 2.58 bits per heavy atom. The highest BCUT2D eigenvalue weighted by Gasteiger charge is 2.28. The van der Waals surface area contributed by atoms with Gasteiger partial charge in [-0.25, -0.2) is 4.79 Å². The fourth-order valence-electron chi connectivity index (χ4n) is 3.91. The number of nitrogens with zero attached hydrogens (tertiary/aromatic N) is 2. The molecule has 0 saturated carbocycles. The Morgan fingerprint density at radius 2 is 1.85 bits per heavy atom. The van der Waals surface area contributed by atoms with Gasteiger partial charge >= 0.3 is 6.03 Å². The molecule has 1 N–H and O–H groups in total. The quantitative estimate of drug-likeness (QED) is 0.508. The van der Waals surface area contributed by atoms with Crippen LogP contribution < -0.4 is 15.0 Å². The van der Waals surface area contributed by atoms with Gasteiger partial charge in [0.25, 0.3) is 5.91 Å². The number of hydrogen-bond donors (Lipinski definition) is 1. The Balaban J connectivity index is 1.47. The molecule has 6 nitrogen and oxygen atoms in total. The fraction of sp³-hybridized carbons (Fsp3) is 0.231. The number of rotatable bonds is 7. The van der Waals surface area contributed by atoms with E-state index in [1.807, 2.05) is 42.7 Å². The van der Waals surface area contributed by atoms with E-state index in [1.165, 1.54) is 4.90 Å². The maximum absolute atomic E-state index is 12.9. The van der Waals surface area contributed by atoms with Crippen molar-refractivity contribution >= 4 is 29.4 Å². The Kier molecular flexibility index (Phi) is 6.89. The minimum Gasteiger partial charge on any atom is -0.497 e. The summed E-state index contributed by atoms with van der Waals surface area (Å²) in [6, 6.07) is 21.3. The van der Waals surface area contributed by atoms with Crippen LogP contribution in [-0.4, -0.2) is 37.3 Å². The first-order valence-corrected chi connectivity index (χ1v) is 11.9. The molecule has 0 aliphatic carbocycles. The second-order valence-corrected chi connectivity index (χ2v) is 8.80. The molecule has 0 saturated heterocycles. The smallest absolute Gasteiger partial charge is 0.324 e. The first-order chi connectivity index (χ1) is 16.0. The van der Waals surface area contributed by atoms with Crippen molar-refractivity contribution < 1.29 is 14.3 Å². The predicted molar refractivity (Wildman–Crippen MR) is 132 cm³/mol. The first kappa shape index (κ1) is 22.7. The standard InChI is InChI=1S/C26H27N3O3S/c1-28-24-12-9-20(25(30)27-15-19-5-4-6-22(13-19)32-2)14-21(24)17-29(26(28)31)16-18-7-10-23(33-3)11-8-18/h4-14H,15-17H2,1-3H3,(H,27,30). The van der Waals surface area contributed by atoms with Crippen molar-refractivity contribution in [3.05, 3.63) is 89.0 Å². The van der Waals surface area contributed by atoms with Gasteiger partial charge in [-0.2, -0.15) is 0 Å². The van der Waals surface area contributed by atoms with Crippen LogP contribution in [0.3, 0.4) is 0 Å². The number of fused-ring (bicyclic) bond motifs is 1. The Hall–Kier alpha value is -3.45. The van der Waals surface area contributed by atoms with Crippen LogP contribution in [0.5, 0.6) is 5.75 Å². The summed E-state index contributed by atoms with van der Waals surface area (Å²) >= 11 is 1.69. The highest BCUT2D eigenvalue weighted by atomic mass is 32.2. The molecule has 1 aliphatic heterocycles. The molecule has 3 aromatic rings. The number of carbonyl (C=O) groups excluding carboxylic acids is 2. The van der Waals surface area contributed by atoms with Gasteiger partial charge in [0.1, 0.15) is 5.75 Å². The molecule has 0 spiro atoms. The van der Waals surface area contributed by atoms with E-state index in [0.29, 0.717) is 25.2 Å². The van der Waals surface area contributed by atoms with Crippen LogP contribution in [0.2, 0.25) is 0 Å². The number of carbonyl (C=O) groups is 2. The van der Waals surface area contributed by atoms with Crippen LogP contribution in [0.25, 0.3) is 0 Å². The van der Waals surface area contributed by atoms with E-state index in [2.05, 4.69) is 29.6 Å². The monoisotopic (exact) mass is 461 g/mol. The third-order valence-electron chi connectivity index (χ3n) is 5.74. The van der Waals surface area contributed by atoms with Crippen LogP contribution >= 0.6 is 11.8 Å². The number of ether oxygens (including phenoxy) is 1. The maximum atomic E-state index is 12.9. The van der Waals surface area contributed by atoms with Crippen molar-refractivity contribution in [2.24, 2.45) is 0 Å². The van der Waals surface area contributed by atoms with Crippen molar-refractivity contribution in [2.45, 2.75) is 24.5 Å². The third kappa shape index (κ3) is 5.14. The molecule has 0 radical (unpaired) electrons. The molecule has 3 amide bonds. The summed E-state index contributed by atoms with van der Waals surface area (Å²) in [7, 11) is 3.39. The van der Waals surface area contributed by atoms with Gasteiger partial charge in [-0.05, 0) is 65.4 Å². The highest BCUT2D eigenvalue weighted by Crippen LogP contribution is 2.30. The first-order valence-electron chi connectivity index (χ1n) is 10.7. The molecular weight excluding hydrogens is 434 g/mol. The summed E-state index contributed by atoms with van der Waals surface area (Å²) in [5, 5.41) is 2.96. The molecule has 170 valence electrons. The van der Waals surface area contributed by atoms with E-state index in [1.54, 1.807) is 41.8 Å². The number of hydrogen-bond acceptors (Lipinski definition) is 4. The lowest BCUT2D eigenvalue weighted by molar-refractivity contribution is 0.0950. The lowest BCUT2D eigenvalue weighted by Crippen LogP contribution is -2.44. The van der Waals surface area contributed by atoms with Gasteiger partial charge in [-0.15, -0.1) is 11.8 Å². The number of thioether (sulfide) groups is 1. The van der Waals surface area contributed by atoms with E-state index in [-0.39, 0.29) is 11.9 Å². The summed E-state index contributed by atoms with van der Waals surface area (Å²) in [5.74, 6) is 0.603. The zero-order valence-corrected chi connectivity index (χ0v) is 19.8. The van der Waals surface area contributed by atoms with E-state index >= 15 is 0 Å². The van der Waals surface area contributed by atoms with Gasteiger partial charge < -0.3 is 15.0 Å². The van der Waals surface area contributed by atoms with Gasteiger partial charge in [-0.3, -0.25) is 9.69 Å². The molecule has 1 heterocycles. The Morgan fingerprint density at radius 1 is 1.06 bits per heavy atom. The van der Waals surface area contributed by atoms with Crippen molar-refractivity contribution in [1.82, 2.24) is 10.2 Å². The fourth-order valence-corrected chi connectivity index (χ4v) is 4.32. The number of benzene rings is 3. The van der Waals surface area contributed by atoms with Gasteiger partial charge in [0.15, 0.2) is 0 Å². The van der Waals surface area contributed by atoms with Gasteiger partial charge in [0, 0.05) is 37.1 Å². The number of methoxy groups -OCH3 is 1. The third-order valence-corrected chi connectivity index (χ3v) is 6.48. The van der Waals surface area contributed by atoms with E-state index < -0.39 is 0 Å². The van der Waals surface area contributed by atoms with Crippen molar-refractivity contribution in [3.63, 3.8) is 0 Å². The SMILES string of the molecule is COc1cccc(CNC(=O)c2ccc3c(c2)CN(Cc2ccc(SC)cc2)C(=O)N3C)c1. The second kappa shape index (κ2) is 10.0. The second-order valence-electron chi connectivity index (χ2n) is 7.92. The van der Waals surface area contributed by atoms with Gasteiger partial charge in [0.2, 0.25) is 0 Å². The molecule has 33 heavy (non-hydrogen) atoms. The van der Waals surface area contributed by atoms with Crippen LogP contribution in [0.15, 0.2) is 71.6 Å². The molecule has 0 unspecified atom stereocenters. The molecule has 0 aromatic heterocycles. The molecule has 3 aromatic carbocycles. The van der Waals surface area contributed by atoms with E-state index in [9.17, 15) is 9.59 Å². The van der Waals surface area contributed by atoms with Crippen molar-refractivity contribution in [3.8, 4) is 5.75 Å². The lowest BCUT2D eigenvalue weighted by Gasteiger charge is -2.35. The van der Waals surface area contributed by atoms with Crippen LogP contribution in [-0.2, 0) is 19.6 Å². The van der Waals surface area contributed by atoms with Crippen LogP contribution in [0, 0.1) is 0 Å². The molecule has 0 bridgehead atoms. The minimum absolute atomic E-state index is 0.0494. The largest absolute Gasteiger partial charge is 0.497 e. The lowest BCUT2D eigenvalue weighted by atomic mass is 10.0. The average Bonchev–Trinajstić information content (AvgIpc) is 2.86. The molecular formula is C26H27N3O3S. The molecule has 0 atom stereocenters. The van der Waals surface area contributed by atoms with E-state index in [4.69, 9.17) is 4.74 Å². The van der Waals surface area contributed by atoms with E-state index in [0.717, 1.165) is 28.1 Å². The summed E-state index contributed by atoms with van der Waals surface area (Å²) in [6.07, 6.45) is 2.04. The van der Waals surface area contributed by atoms with Gasteiger partial charge in [0.05, 0.1) is 12.8 Å². The summed E-state index contributed by atoms with van der Waals surface area (Å²) < 4.78 is 5.24. The molecule has 0 fully saturated rings.